The molecule has 1 unspecified atom stereocenters. The topological polar surface area (TPSA) is 53.2 Å². The Morgan fingerprint density at radius 1 is 1.05 bits per heavy atom. The van der Waals surface area contributed by atoms with E-state index >= 15 is 0 Å². The van der Waals surface area contributed by atoms with Crippen LogP contribution in [-0.4, -0.2) is 5.11 Å². The van der Waals surface area contributed by atoms with Crippen LogP contribution in [0.4, 0.5) is 0 Å². The summed E-state index contributed by atoms with van der Waals surface area (Å²) in [4.78, 5) is 0. The number of benzene rings is 2. The Bertz CT molecular complexity index is 568. The van der Waals surface area contributed by atoms with Crippen LogP contribution in [0.5, 0.6) is 11.5 Å². The summed E-state index contributed by atoms with van der Waals surface area (Å²) in [5, 5.41) is 18.8. The van der Waals surface area contributed by atoms with Gasteiger partial charge < -0.3 is 9.84 Å². The van der Waals surface area contributed by atoms with Gasteiger partial charge in [0, 0.05) is 0 Å². The highest BCUT2D eigenvalue weighted by Crippen LogP contribution is 2.27. The number of para-hydroxylation sites is 1. The van der Waals surface area contributed by atoms with E-state index in [2.05, 4.69) is 0 Å². The molecule has 0 aliphatic rings. The Hall–Kier alpha value is -2.31. The zero-order chi connectivity index (χ0) is 13.7. The van der Waals surface area contributed by atoms with Gasteiger partial charge in [-0.15, -0.1) is 0 Å². The highest BCUT2D eigenvalue weighted by molar-refractivity contribution is 5.34. The van der Waals surface area contributed by atoms with Crippen molar-refractivity contribution < 1.29 is 9.84 Å². The molecule has 19 heavy (non-hydrogen) atoms. The van der Waals surface area contributed by atoms with Crippen LogP contribution < -0.4 is 4.74 Å². The van der Waals surface area contributed by atoms with Crippen molar-refractivity contribution in [1.29, 1.82) is 5.26 Å². The van der Waals surface area contributed by atoms with Crippen molar-refractivity contribution in [2.45, 2.75) is 18.9 Å². The Labute approximate surface area is 112 Å². The molecular formula is C16H15NO2. The number of rotatable bonds is 4. The minimum atomic E-state index is -1.12. The van der Waals surface area contributed by atoms with Crippen LogP contribution in [0.25, 0.3) is 0 Å². The summed E-state index contributed by atoms with van der Waals surface area (Å²) < 4.78 is 5.66. The number of aliphatic hydroxyl groups is 1. The Balaban J connectivity index is 2.13. The van der Waals surface area contributed by atoms with Gasteiger partial charge in [-0.05, 0) is 36.8 Å². The van der Waals surface area contributed by atoms with Gasteiger partial charge >= 0.3 is 0 Å². The molecule has 0 bridgehead atoms. The largest absolute Gasteiger partial charge is 0.457 e. The fourth-order valence-corrected chi connectivity index (χ4v) is 1.76. The van der Waals surface area contributed by atoms with Crippen molar-refractivity contribution in [3.05, 3.63) is 60.2 Å². The number of nitriles is 1. The SMILES string of the molecule is CC(O)(CC#N)c1ccc(Oc2ccccc2)cc1. The predicted octanol–water partition coefficient (Wildman–Crippen LogP) is 3.60. The van der Waals surface area contributed by atoms with E-state index in [1.54, 1.807) is 31.2 Å². The van der Waals surface area contributed by atoms with Crippen molar-refractivity contribution >= 4 is 0 Å². The third kappa shape index (κ3) is 3.34. The summed E-state index contributed by atoms with van der Waals surface area (Å²) in [6.45, 7) is 1.63. The summed E-state index contributed by atoms with van der Waals surface area (Å²) in [6, 6.07) is 18.6. The number of ether oxygens (including phenoxy) is 1. The first-order valence-corrected chi connectivity index (χ1v) is 6.04. The van der Waals surface area contributed by atoms with Crippen LogP contribution in [0.1, 0.15) is 18.9 Å². The molecule has 0 amide bonds. The van der Waals surface area contributed by atoms with E-state index in [9.17, 15) is 5.11 Å². The Kier molecular flexibility index (Phi) is 3.84. The fraction of sp³-hybridized carbons (Fsp3) is 0.188. The maximum absolute atomic E-state index is 10.1. The van der Waals surface area contributed by atoms with Gasteiger partial charge in [-0.3, -0.25) is 0 Å². The van der Waals surface area contributed by atoms with Gasteiger partial charge in [-0.2, -0.15) is 5.26 Å². The number of hydrogen-bond donors (Lipinski definition) is 1. The minimum absolute atomic E-state index is 0.0614. The predicted molar refractivity (Wildman–Crippen MR) is 72.8 cm³/mol. The molecule has 1 atom stereocenters. The molecule has 0 aromatic heterocycles. The summed E-state index contributed by atoms with van der Waals surface area (Å²) in [6.07, 6.45) is 0.0614. The molecular weight excluding hydrogens is 238 g/mol. The van der Waals surface area contributed by atoms with E-state index in [1.807, 2.05) is 36.4 Å². The van der Waals surface area contributed by atoms with Gasteiger partial charge in [0.2, 0.25) is 0 Å². The maximum Gasteiger partial charge on any atom is 0.127 e. The summed E-state index contributed by atoms with van der Waals surface area (Å²) in [7, 11) is 0. The second kappa shape index (κ2) is 5.55. The molecule has 0 spiro atoms. The van der Waals surface area contributed by atoms with E-state index in [-0.39, 0.29) is 6.42 Å². The lowest BCUT2D eigenvalue weighted by molar-refractivity contribution is 0.0624. The van der Waals surface area contributed by atoms with Gasteiger partial charge in [0.1, 0.15) is 11.5 Å². The molecule has 0 saturated heterocycles. The fourth-order valence-electron chi connectivity index (χ4n) is 1.76. The van der Waals surface area contributed by atoms with Crippen molar-refractivity contribution in [3.63, 3.8) is 0 Å². The lowest BCUT2D eigenvalue weighted by Gasteiger charge is -2.20. The first-order valence-electron chi connectivity index (χ1n) is 6.04. The quantitative estimate of drug-likeness (QED) is 0.905. The number of hydrogen-bond acceptors (Lipinski definition) is 3. The molecule has 0 radical (unpaired) electrons. The second-order valence-electron chi connectivity index (χ2n) is 4.55. The highest BCUT2D eigenvalue weighted by atomic mass is 16.5. The van der Waals surface area contributed by atoms with Crippen LogP contribution in [0.2, 0.25) is 0 Å². The van der Waals surface area contributed by atoms with Gasteiger partial charge in [0.25, 0.3) is 0 Å². The molecule has 96 valence electrons. The molecule has 1 N–H and O–H groups in total. The Morgan fingerprint density at radius 3 is 2.21 bits per heavy atom. The lowest BCUT2D eigenvalue weighted by atomic mass is 9.93. The zero-order valence-corrected chi connectivity index (χ0v) is 10.7. The molecule has 0 heterocycles. The first kappa shape index (κ1) is 13.1. The van der Waals surface area contributed by atoms with Gasteiger partial charge in [-0.25, -0.2) is 0 Å². The first-order chi connectivity index (χ1) is 9.12. The van der Waals surface area contributed by atoms with Crippen molar-refractivity contribution in [3.8, 4) is 17.6 Å². The molecule has 3 heteroatoms. The average Bonchev–Trinajstić information content (AvgIpc) is 2.40. The summed E-state index contributed by atoms with van der Waals surface area (Å²) >= 11 is 0. The van der Waals surface area contributed by atoms with Crippen molar-refractivity contribution in [1.82, 2.24) is 0 Å². The average molecular weight is 253 g/mol. The minimum Gasteiger partial charge on any atom is -0.457 e. The molecule has 0 fully saturated rings. The molecule has 0 saturated carbocycles. The van der Waals surface area contributed by atoms with Gasteiger partial charge in [-0.1, -0.05) is 30.3 Å². The monoisotopic (exact) mass is 253 g/mol. The van der Waals surface area contributed by atoms with Crippen LogP contribution in [0.15, 0.2) is 54.6 Å². The molecule has 0 aliphatic carbocycles. The second-order valence-corrected chi connectivity index (χ2v) is 4.55. The normalized spacial score (nSPS) is 13.3. The molecule has 3 nitrogen and oxygen atoms in total. The maximum atomic E-state index is 10.1. The van der Waals surface area contributed by atoms with Gasteiger partial charge in [0.15, 0.2) is 0 Å². The molecule has 2 rings (SSSR count). The van der Waals surface area contributed by atoms with E-state index in [0.717, 1.165) is 5.75 Å². The van der Waals surface area contributed by atoms with Crippen molar-refractivity contribution in [2.24, 2.45) is 0 Å². The number of nitrogens with zero attached hydrogens (tertiary/aromatic N) is 1. The van der Waals surface area contributed by atoms with E-state index < -0.39 is 5.60 Å². The third-order valence-corrected chi connectivity index (χ3v) is 2.88. The van der Waals surface area contributed by atoms with Crippen LogP contribution in [-0.2, 0) is 5.60 Å². The Morgan fingerprint density at radius 2 is 1.63 bits per heavy atom. The van der Waals surface area contributed by atoms with Crippen molar-refractivity contribution in [2.75, 3.05) is 0 Å². The van der Waals surface area contributed by atoms with Crippen LogP contribution >= 0.6 is 0 Å². The molecule has 2 aromatic carbocycles. The summed E-state index contributed by atoms with van der Waals surface area (Å²) in [5.41, 5.74) is -0.422. The van der Waals surface area contributed by atoms with E-state index in [4.69, 9.17) is 10.00 Å². The third-order valence-electron chi connectivity index (χ3n) is 2.88. The van der Waals surface area contributed by atoms with Crippen LogP contribution in [0.3, 0.4) is 0 Å². The van der Waals surface area contributed by atoms with Gasteiger partial charge in [0.05, 0.1) is 18.1 Å². The zero-order valence-electron chi connectivity index (χ0n) is 10.7. The standard InChI is InChI=1S/C16H15NO2/c1-16(18,11-12-17)13-7-9-15(10-8-13)19-14-5-3-2-4-6-14/h2-10,18H,11H2,1H3. The summed E-state index contributed by atoms with van der Waals surface area (Å²) in [5.74, 6) is 1.46. The molecule has 0 aliphatic heterocycles. The van der Waals surface area contributed by atoms with E-state index in [1.165, 1.54) is 0 Å². The van der Waals surface area contributed by atoms with E-state index in [0.29, 0.717) is 11.3 Å². The smallest absolute Gasteiger partial charge is 0.127 e. The van der Waals surface area contributed by atoms with Crippen LogP contribution in [0, 0.1) is 11.3 Å². The highest BCUT2D eigenvalue weighted by Gasteiger charge is 2.22. The molecule has 2 aromatic rings. The lowest BCUT2D eigenvalue weighted by Crippen LogP contribution is -2.19.